The zero-order chi connectivity index (χ0) is 35.7. The zero-order valence-corrected chi connectivity index (χ0v) is 28.5. The SMILES string of the molecule is Cc1[nH]nc2c(C(F)(F)F)cc(-c3ccc4nc(CN5CC=C(/C(=C/C=C\C=O)NCc6ccc(Cl)cc6F)CC5)n(CC5CCO5)c4c3)cc12. The fourth-order valence-corrected chi connectivity index (χ4v) is 6.72. The van der Waals surface area contributed by atoms with E-state index < -0.39 is 17.6 Å². The highest BCUT2D eigenvalue weighted by Crippen LogP contribution is 2.39. The number of hydrogen-bond donors (Lipinski definition) is 2. The van der Waals surface area contributed by atoms with E-state index in [4.69, 9.17) is 21.3 Å². The van der Waals surface area contributed by atoms with Crippen LogP contribution < -0.4 is 5.32 Å². The zero-order valence-electron chi connectivity index (χ0n) is 27.7. The second kappa shape index (κ2) is 14.5. The van der Waals surface area contributed by atoms with Crippen molar-refractivity contribution in [2.24, 2.45) is 0 Å². The van der Waals surface area contributed by atoms with Crippen LogP contribution in [0.2, 0.25) is 5.02 Å². The number of halogens is 5. The van der Waals surface area contributed by atoms with Gasteiger partial charge in [0.05, 0.1) is 35.8 Å². The second-order valence-electron chi connectivity index (χ2n) is 12.8. The number of aryl methyl sites for hydroxylation is 1. The van der Waals surface area contributed by atoms with E-state index in [1.165, 1.54) is 12.1 Å². The highest BCUT2D eigenvalue weighted by atomic mass is 35.5. The third-order valence-corrected chi connectivity index (χ3v) is 9.67. The monoisotopic (exact) mass is 718 g/mol. The Morgan fingerprint density at radius 3 is 2.69 bits per heavy atom. The molecule has 1 fully saturated rings. The van der Waals surface area contributed by atoms with Crippen LogP contribution in [0.3, 0.4) is 0 Å². The minimum Gasteiger partial charge on any atom is -0.381 e. The van der Waals surface area contributed by atoms with E-state index in [9.17, 15) is 22.4 Å². The first-order chi connectivity index (χ1) is 24.6. The first kappa shape index (κ1) is 34.7. The maximum absolute atomic E-state index is 14.5. The minimum absolute atomic E-state index is 0.0306. The molecule has 0 radical (unpaired) electrons. The predicted molar refractivity (Wildman–Crippen MR) is 188 cm³/mol. The fraction of sp³-hybridized carbons (Fsp3) is 0.289. The molecule has 0 saturated carbocycles. The Labute approximate surface area is 296 Å². The van der Waals surface area contributed by atoms with Crippen molar-refractivity contribution in [1.29, 1.82) is 0 Å². The minimum atomic E-state index is -4.56. The molecule has 7 rings (SSSR count). The number of benzene rings is 3. The predicted octanol–water partition coefficient (Wildman–Crippen LogP) is 8.05. The summed E-state index contributed by atoms with van der Waals surface area (Å²) in [6, 6.07) is 13.1. The molecular formula is C38H35ClF4N6O2. The lowest BCUT2D eigenvalue weighted by Gasteiger charge is -2.30. The number of alkyl halides is 3. The van der Waals surface area contributed by atoms with E-state index in [0.29, 0.717) is 71.7 Å². The number of H-pyrrole nitrogens is 1. The van der Waals surface area contributed by atoms with Gasteiger partial charge in [0.25, 0.3) is 0 Å². The number of hydrogen-bond acceptors (Lipinski definition) is 6. The van der Waals surface area contributed by atoms with Gasteiger partial charge in [-0.3, -0.25) is 14.8 Å². The van der Waals surface area contributed by atoms with Crippen LogP contribution >= 0.6 is 11.6 Å². The molecule has 13 heteroatoms. The quantitative estimate of drug-likeness (QED) is 0.0622. The number of carbonyl (C=O) groups is 1. The van der Waals surface area contributed by atoms with Crippen LogP contribution in [0.5, 0.6) is 0 Å². The van der Waals surface area contributed by atoms with Crippen molar-refractivity contribution in [3.8, 4) is 11.1 Å². The molecule has 0 spiro atoms. The van der Waals surface area contributed by atoms with Gasteiger partial charge in [-0.1, -0.05) is 35.9 Å². The van der Waals surface area contributed by atoms with E-state index in [1.807, 2.05) is 24.3 Å². The van der Waals surface area contributed by atoms with Crippen molar-refractivity contribution in [2.45, 2.75) is 51.7 Å². The van der Waals surface area contributed by atoms with Gasteiger partial charge in [-0.2, -0.15) is 18.3 Å². The summed E-state index contributed by atoms with van der Waals surface area (Å²) in [6.45, 7) is 5.12. The number of fused-ring (bicyclic) bond motifs is 2. The van der Waals surface area contributed by atoms with Crippen molar-refractivity contribution in [1.82, 2.24) is 30.0 Å². The molecule has 2 N–H and O–H groups in total. The van der Waals surface area contributed by atoms with Crippen LogP contribution in [-0.4, -0.2) is 56.7 Å². The molecule has 1 unspecified atom stereocenters. The molecule has 2 aliphatic heterocycles. The average Bonchev–Trinajstić information content (AvgIpc) is 3.63. The summed E-state index contributed by atoms with van der Waals surface area (Å²) in [6.07, 6.45) is 4.75. The van der Waals surface area contributed by atoms with Crippen molar-refractivity contribution in [3.05, 3.63) is 118 Å². The normalized spacial score (nSPS) is 17.3. The molecule has 0 bridgehead atoms. The van der Waals surface area contributed by atoms with E-state index in [2.05, 4.69) is 31.1 Å². The molecule has 1 atom stereocenters. The van der Waals surface area contributed by atoms with Gasteiger partial charge in [0.15, 0.2) is 0 Å². The molecule has 0 aliphatic carbocycles. The Morgan fingerprint density at radius 1 is 1.14 bits per heavy atom. The van der Waals surface area contributed by atoms with E-state index in [-0.39, 0.29) is 18.2 Å². The van der Waals surface area contributed by atoms with Crippen LogP contribution in [0.1, 0.15) is 35.5 Å². The van der Waals surface area contributed by atoms with Crippen molar-refractivity contribution in [2.75, 3.05) is 19.7 Å². The smallest absolute Gasteiger partial charge is 0.381 e. The van der Waals surface area contributed by atoms with Crippen LogP contribution in [0.15, 0.2) is 84.1 Å². The maximum Gasteiger partial charge on any atom is 0.418 e. The number of aromatic nitrogens is 4. The molecule has 3 aromatic carbocycles. The largest absolute Gasteiger partial charge is 0.418 e. The van der Waals surface area contributed by atoms with Crippen LogP contribution in [-0.2, 0) is 35.3 Å². The third kappa shape index (κ3) is 7.49. The number of ether oxygens (including phenoxy) is 1. The van der Waals surface area contributed by atoms with E-state index >= 15 is 0 Å². The number of nitrogens with zero attached hydrogens (tertiary/aromatic N) is 4. The molecule has 1 saturated heterocycles. The molecule has 264 valence electrons. The fourth-order valence-electron chi connectivity index (χ4n) is 6.56. The summed E-state index contributed by atoms with van der Waals surface area (Å²) < 4.78 is 64.7. The van der Waals surface area contributed by atoms with Crippen molar-refractivity contribution >= 4 is 39.8 Å². The standard InChI is InChI=1S/C38H35ClF4N6O2/c1-23-30-16-27(17-31(38(41,42)43)37(30)47-46-23)25-6-8-34-35(18-25)49(21-29-11-15-51-29)36(45-34)22-48-12-9-24(10-13-48)33(4-2-3-14-50)44-20-26-5-7-28(39)19-32(26)40/h2-9,14,16-19,29,44H,10-13,15,20-22H2,1H3,(H,46,47)/b3-2-,33-4-. The number of aromatic amines is 1. The molecule has 0 amide bonds. The lowest BCUT2D eigenvalue weighted by atomic mass is 9.99. The Morgan fingerprint density at radius 2 is 1.98 bits per heavy atom. The van der Waals surface area contributed by atoms with Gasteiger partial charge in [-0.15, -0.1) is 0 Å². The maximum atomic E-state index is 14.5. The van der Waals surface area contributed by atoms with Gasteiger partial charge in [-0.05, 0) is 85.0 Å². The topological polar surface area (TPSA) is 88.1 Å². The van der Waals surface area contributed by atoms with E-state index in [1.54, 1.807) is 31.2 Å². The molecular weight excluding hydrogens is 684 g/mol. The number of imidazole rings is 1. The van der Waals surface area contributed by atoms with Crippen LogP contribution in [0.4, 0.5) is 17.6 Å². The van der Waals surface area contributed by atoms with Gasteiger partial charge < -0.3 is 14.6 Å². The number of nitrogens with one attached hydrogen (secondary N) is 2. The average molecular weight is 719 g/mol. The molecule has 8 nitrogen and oxygen atoms in total. The van der Waals surface area contributed by atoms with Crippen LogP contribution in [0, 0.1) is 12.7 Å². The third-order valence-electron chi connectivity index (χ3n) is 9.44. The molecule has 2 aliphatic rings. The lowest BCUT2D eigenvalue weighted by Crippen LogP contribution is -2.34. The Kier molecular flexibility index (Phi) is 9.82. The van der Waals surface area contributed by atoms with Gasteiger partial charge in [0.1, 0.15) is 23.4 Å². The summed E-state index contributed by atoms with van der Waals surface area (Å²) in [5, 5.41) is 10.7. The number of allylic oxidation sites excluding steroid dienone is 4. The second-order valence-corrected chi connectivity index (χ2v) is 13.2. The Hall–Kier alpha value is -4.78. The van der Waals surface area contributed by atoms with Gasteiger partial charge in [0.2, 0.25) is 0 Å². The summed E-state index contributed by atoms with van der Waals surface area (Å²) in [5.74, 6) is 0.441. The van der Waals surface area contributed by atoms with Gasteiger partial charge in [0, 0.05) is 53.6 Å². The van der Waals surface area contributed by atoms with Crippen molar-refractivity contribution in [3.63, 3.8) is 0 Å². The summed E-state index contributed by atoms with van der Waals surface area (Å²) in [5.41, 5.74) is 4.68. The molecule has 4 heterocycles. The van der Waals surface area contributed by atoms with Gasteiger partial charge >= 0.3 is 6.18 Å². The highest BCUT2D eigenvalue weighted by molar-refractivity contribution is 6.30. The number of rotatable bonds is 11. The molecule has 2 aromatic heterocycles. The number of carbonyl (C=O) groups excluding carboxylic acids is 1. The first-order valence-corrected chi connectivity index (χ1v) is 17.0. The van der Waals surface area contributed by atoms with E-state index in [0.717, 1.165) is 47.2 Å². The number of aldehydes is 1. The highest BCUT2D eigenvalue weighted by Gasteiger charge is 2.35. The first-order valence-electron chi connectivity index (χ1n) is 16.7. The molecule has 5 aromatic rings. The lowest BCUT2D eigenvalue weighted by molar-refractivity contribution is -0.136. The Balaban J connectivity index is 1.15. The van der Waals surface area contributed by atoms with Crippen LogP contribution in [0.25, 0.3) is 33.1 Å². The summed E-state index contributed by atoms with van der Waals surface area (Å²) in [4.78, 5) is 18.2. The summed E-state index contributed by atoms with van der Waals surface area (Å²) in [7, 11) is 0. The molecule has 51 heavy (non-hydrogen) atoms. The summed E-state index contributed by atoms with van der Waals surface area (Å²) >= 11 is 5.92. The van der Waals surface area contributed by atoms with Gasteiger partial charge in [-0.25, -0.2) is 9.37 Å². The van der Waals surface area contributed by atoms with Crippen molar-refractivity contribution < 1.29 is 27.1 Å². The Bertz CT molecular complexity index is 2200.